The third-order valence-electron chi connectivity index (χ3n) is 3.48. The molecule has 0 bridgehead atoms. The van der Waals surface area contributed by atoms with E-state index in [9.17, 15) is 9.90 Å². The third-order valence-corrected chi connectivity index (χ3v) is 3.48. The molecular weight excluding hydrogens is 242 g/mol. The van der Waals surface area contributed by atoms with Crippen LogP contribution in [0.15, 0.2) is 12.1 Å². The first-order chi connectivity index (χ1) is 9.10. The molecule has 104 valence electrons. The van der Waals surface area contributed by atoms with Gasteiger partial charge in [-0.05, 0) is 55.4 Å². The molecule has 0 aromatic heterocycles. The van der Waals surface area contributed by atoms with Gasteiger partial charge in [-0.2, -0.15) is 0 Å². The fraction of sp³-hybridized carbons (Fsp3) is 0.533. The smallest absolute Gasteiger partial charge is 0.305 e. The SMILES string of the molecule is CCOC(=O)CCCc1cc(O)c2c(c1)CC(N)C2. The van der Waals surface area contributed by atoms with Gasteiger partial charge in [0.15, 0.2) is 0 Å². The fourth-order valence-corrected chi connectivity index (χ4v) is 2.63. The van der Waals surface area contributed by atoms with Gasteiger partial charge in [0.1, 0.15) is 5.75 Å². The molecule has 0 spiro atoms. The molecule has 4 heteroatoms. The lowest BCUT2D eigenvalue weighted by Gasteiger charge is -2.07. The quantitative estimate of drug-likeness (QED) is 0.793. The molecule has 0 saturated carbocycles. The van der Waals surface area contributed by atoms with Crippen LogP contribution in [0.25, 0.3) is 0 Å². The van der Waals surface area contributed by atoms with Crippen molar-refractivity contribution in [3.63, 3.8) is 0 Å². The number of ether oxygens (including phenoxy) is 1. The van der Waals surface area contributed by atoms with Crippen LogP contribution in [0.3, 0.4) is 0 Å². The van der Waals surface area contributed by atoms with Gasteiger partial charge in [-0.3, -0.25) is 4.79 Å². The highest BCUT2D eigenvalue weighted by molar-refractivity contribution is 5.69. The zero-order valence-corrected chi connectivity index (χ0v) is 11.3. The highest BCUT2D eigenvalue weighted by atomic mass is 16.5. The molecule has 1 aliphatic rings. The number of carbonyl (C=O) groups is 1. The largest absolute Gasteiger partial charge is 0.508 e. The van der Waals surface area contributed by atoms with Gasteiger partial charge in [0, 0.05) is 12.5 Å². The van der Waals surface area contributed by atoms with Crippen molar-refractivity contribution in [1.82, 2.24) is 0 Å². The molecule has 0 radical (unpaired) electrons. The molecule has 19 heavy (non-hydrogen) atoms. The van der Waals surface area contributed by atoms with E-state index in [0.717, 1.165) is 42.4 Å². The van der Waals surface area contributed by atoms with Crippen LogP contribution in [0.2, 0.25) is 0 Å². The van der Waals surface area contributed by atoms with E-state index in [2.05, 4.69) is 6.07 Å². The van der Waals surface area contributed by atoms with Gasteiger partial charge in [0.2, 0.25) is 0 Å². The van der Waals surface area contributed by atoms with Gasteiger partial charge in [0.25, 0.3) is 0 Å². The Morgan fingerprint density at radius 2 is 2.26 bits per heavy atom. The van der Waals surface area contributed by atoms with E-state index in [0.29, 0.717) is 18.8 Å². The Morgan fingerprint density at radius 3 is 3.00 bits per heavy atom. The lowest BCUT2D eigenvalue weighted by molar-refractivity contribution is -0.143. The summed E-state index contributed by atoms with van der Waals surface area (Å²) in [7, 11) is 0. The summed E-state index contributed by atoms with van der Waals surface area (Å²) in [6, 6.07) is 4.02. The maximum atomic E-state index is 11.2. The Balaban J connectivity index is 1.94. The number of carbonyl (C=O) groups excluding carboxylic acids is 1. The van der Waals surface area contributed by atoms with E-state index in [1.807, 2.05) is 0 Å². The highest BCUT2D eigenvalue weighted by Gasteiger charge is 2.21. The third kappa shape index (κ3) is 3.47. The van der Waals surface area contributed by atoms with Crippen molar-refractivity contribution in [2.75, 3.05) is 6.61 Å². The van der Waals surface area contributed by atoms with E-state index in [1.54, 1.807) is 13.0 Å². The van der Waals surface area contributed by atoms with Crippen molar-refractivity contribution in [3.8, 4) is 5.75 Å². The molecule has 1 aromatic carbocycles. The Morgan fingerprint density at radius 1 is 1.47 bits per heavy atom. The topological polar surface area (TPSA) is 72.5 Å². The minimum Gasteiger partial charge on any atom is -0.508 e. The summed E-state index contributed by atoms with van der Waals surface area (Å²) in [5.74, 6) is 0.187. The lowest BCUT2D eigenvalue weighted by atomic mass is 10.0. The van der Waals surface area contributed by atoms with Crippen LogP contribution < -0.4 is 5.73 Å². The fourth-order valence-electron chi connectivity index (χ4n) is 2.63. The van der Waals surface area contributed by atoms with E-state index in [-0.39, 0.29) is 12.0 Å². The van der Waals surface area contributed by atoms with Crippen molar-refractivity contribution in [2.45, 2.75) is 45.1 Å². The van der Waals surface area contributed by atoms with Crippen molar-refractivity contribution >= 4 is 5.97 Å². The van der Waals surface area contributed by atoms with Crippen LogP contribution in [0.1, 0.15) is 36.5 Å². The zero-order valence-electron chi connectivity index (χ0n) is 11.3. The number of phenolic OH excluding ortho intramolecular Hbond substituents is 1. The van der Waals surface area contributed by atoms with E-state index >= 15 is 0 Å². The second-order valence-electron chi connectivity index (χ2n) is 5.08. The Labute approximate surface area is 113 Å². The molecule has 1 atom stereocenters. The molecular formula is C15H21NO3. The Bertz CT molecular complexity index is 471. The van der Waals surface area contributed by atoms with Gasteiger partial charge in [-0.1, -0.05) is 6.07 Å². The van der Waals surface area contributed by atoms with Gasteiger partial charge in [0.05, 0.1) is 6.61 Å². The molecule has 0 amide bonds. The predicted molar refractivity (Wildman–Crippen MR) is 73.1 cm³/mol. The minimum absolute atomic E-state index is 0.121. The second kappa shape index (κ2) is 6.06. The summed E-state index contributed by atoms with van der Waals surface area (Å²) >= 11 is 0. The van der Waals surface area contributed by atoms with Crippen LogP contribution in [-0.4, -0.2) is 23.7 Å². The summed E-state index contributed by atoms with van der Waals surface area (Å²) in [5.41, 5.74) is 9.11. The molecule has 0 heterocycles. The number of hydrogen-bond acceptors (Lipinski definition) is 4. The summed E-state index contributed by atoms with van der Waals surface area (Å²) in [6.07, 6.45) is 3.52. The van der Waals surface area contributed by atoms with Crippen molar-refractivity contribution in [3.05, 3.63) is 28.8 Å². The van der Waals surface area contributed by atoms with Gasteiger partial charge >= 0.3 is 5.97 Å². The molecule has 0 fully saturated rings. The number of esters is 1. The van der Waals surface area contributed by atoms with Crippen LogP contribution in [-0.2, 0) is 28.8 Å². The van der Waals surface area contributed by atoms with Crippen molar-refractivity contribution in [2.24, 2.45) is 5.73 Å². The average Bonchev–Trinajstić information content (AvgIpc) is 2.70. The highest BCUT2D eigenvalue weighted by Crippen LogP contribution is 2.31. The van der Waals surface area contributed by atoms with Crippen LogP contribution in [0.5, 0.6) is 5.75 Å². The van der Waals surface area contributed by atoms with E-state index < -0.39 is 0 Å². The molecule has 1 aliphatic carbocycles. The number of fused-ring (bicyclic) bond motifs is 1. The lowest BCUT2D eigenvalue weighted by Crippen LogP contribution is -2.19. The summed E-state index contributed by atoms with van der Waals surface area (Å²) in [6.45, 7) is 2.23. The molecule has 1 unspecified atom stereocenters. The first-order valence-corrected chi connectivity index (χ1v) is 6.85. The minimum atomic E-state index is -0.157. The Kier molecular flexibility index (Phi) is 4.43. The molecule has 1 aromatic rings. The normalized spacial score (nSPS) is 17.3. The number of hydrogen-bond donors (Lipinski definition) is 2. The maximum absolute atomic E-state index is 11.2. The second-order valence-corrected chi connectivity index (χ2v) is 5.08. The van der Waals surface area contributed by atoms with Crippen molar-refractivity contribution in [1.29, 1.82) is 0 Å². The van der Waals surface area contributed by atoms with Gasteiger partial charge in [-0.15, -0.1) is 0 Å². The van der Waals surface area contributed by atoms with Gasteiger partial charge in [-0.25, -0.2) is 0 Å². The van der Waals surface area contributed by atoms with Crippen LogP contribution >= 0.6 is 0 Å². The number of aromatic hydroxyl groups is 1. The first kappa shape index (κ1) is 13.9. The van der Waals surface area contributed by atoms with Crippen molar-refractivity contribution < 1.29 is 14.6 Å². The summed E-state index contributed by atoms with van der Waals surface area (Å²) in [5, 5.41) is 9.98. The number of nitrogens with two attached hydrogens (primary N) is 1. The molecule has 0 aliphatic heterocycles. The molecule has 0 saturated heterocycles. The summed E-state index contributed by atoms with van der Waals surface area (Å²) in [4.78, 5) is 11.2. The molecule has 2 rings (SSSR count). The standard InChI is InChI=1S/C15H21NO3/c1-2-19-15(18)5-3-4-10-6-11-8-12(16)9-13(11)14(17)7-10/h6-7,12,17H,2-5,8-9,16H2,1H3. The average molecular weight is 263 g/mol. The molecule has 3 N–H and O–H groups in total. The van der Waals surface area contributed by atoms with E-state index in [1.165, 1.54) is 0 Å². The maximum Gasteiger partial charge on any atom is 0.305 e. The van der Waals surface area contributed by atoms with Crippen LogP contribution in [0, 0.1) is 0 Å². The Hall–Kier alpha value is -1.55. The number of rotatable bonds is 5. The predicted octanol–water partition coefficient (Wildman–Crippen LogP) is 1.70. The van der Waals surface area contributed by atoms with E-state index in [4.69, 9.17) is 10.5 Å². The number of phenols is 1. The number of benzene rings is 1. The summed E-state index contributed by atoms with van der Waals surface area (Å²) < 4.78 is 4.89. The zero-order chi connectivity index (χ0) is 13.8. The number of aryl methyl sites for hydroxylation is 1. The monoisotopic (exact) mass is 263 g/mol. The van der Waals surface area contributed by atoms with Gasteiger partial charge < -0.3 is 15.6 Å². The van der Waals surface area contributed by atoms with Crippen LogP contribution in [0.4, 0.5) is 0 Å². The first-order valence-electron chi connectivity index (χ1n) is 6.85. The molecule has 4 nitrogen and oxygen atoms in total.